The highest BCUT2D eigenvalue weighted by Crippen LogP contribution is 2.32. The lowest BCUT2D eigenvalue weighted by Gasteiger charge is -2.25. The molecule has 0 saturated carbocycles. The Morgan fingerprint density at radius 2 is 1.76 bits per heavy atom. The van der Waals surface area contributed by atoms with Gasteiger partial charge < -0.3 is 10.6 Å². The maximum atomic E-state index is 13.9. The second kappa shape index (κ2) is 4.87. The molecular formula is C14H15FN2. The molecule has 2 N–H and O–H groups in total. The largest absolute Gasteiger partial charge is 0.397 e. The zero-order valence-corrected chi connectivity index (χ0v) is 9.73. The third kappa shape index (κ3) is 2.23. The van der Waals surface area contributed by atoms with E-state index in [1.165, 1.54) is 6.07 Å². The predicted octanol–water partition coefficient (Wildman–Crippen LogP) is 3.57. The van der Waals surface area contributed by atoms with Crippen LogP contribution in [0.3, 0.4) is 0 Å². The second-order valence-corrected chi connectivity index (χ2v) is 3.76. The fourth-order valence-electron chi connectivity index (χ4n) is 1.89. The van der Waals surface area contributed by atoms with E-state index in [9.17, 15) is 4.39 Å². The topological polar surface area (TPSA) is 29.3 Å². The average Bonchev–Trinajstić information content (AvgIpc) is 2.35. The predicted molar refractivity (Wildman–Crippen MR) is 69.9 cm³/mol. The zero-order valence-electron chi connectivity index (χ0n) is 9.73. The van der Waals surface area contributed by atoms with E-state index in [2.05, 4.69) is 0 Å². The molecule has 0 aliphatic rings. The van der Waals surface area contributed by atoms with Gasteiger partial charge in [-0.15, -0.1) is 0 Å². The summed E-state index contributed by atoms with van der Waals surface area (Å²) in [4.78, 5) is 1.87. The summed E-state index contributed by atoms with van der Waals surface area (Å²) in [5, 5.41) is 0. The number of para-hydroxylation sites is 2. The Bertz CT molecular complexity index is 477. The summed E-state index contributed by atoms with van der Waals surface area (Å²) in [7, 11) is 0. The molecule has 3 heteroatoms. The molecule has 2 aromatic rings. The van der Waals surface area contributed by atoms with Crippen LogP contribution in [-0.4, -0.2) is 6.54 Å². The van der Waals surface area contributed by atoms with E-state index in [1.54, 1.807) is 12.1 Å². The fourth-order valence-corrected chi connectivity index (χ4v) is 1.89. The fraction of sp³-hybridized carbons (Fsp3) is 0.143. The highest BCUT2D eigenvalue weighted by molar-refractivity contribution is 5.75. The highest BCUT2D eigenvalue weighted by atomic mass is 19.1. The molecule has 0 aliphatic heterocycles. The van der Waals surface area contributed by atoms with Gasteiger partial charge in [0.2, 0.25) is 0 Å². The number of nitrogens with two attached hydrogens (primary N) is 1. The van der Waals surface area contributed by atoms with Crippen LogP contribution in [0.15, 0.2) is 48.5 Å². The Balaban J connectivity index is 2.50. The molecule has 0 heterocycles. The molecule has 0 aliphatic carbocycles. The van der Waals surface area contributed by atoms with Crippen LogP contribution < -0.4 is 10.6 Å². The monoisotopic (exact) mass is 230 g/mol. The molecule has 17 heavy (non-hydrogen) atoms. The van der Waals surface area contributed by atoms with Gasteiger partial charge in [-0.2, -0.15) is 0 Å². The summed E-state index contributed by atoms with van der Waals surface area (Å²) in [5.74, 6) is -0.296. The van der Waals surface area contributed by atoms with Crippen molar-refractivity contribution in [3.63, 3.8) is 0 Å². The molecule has 0 spiro atoms. The Labute approximate surface area is 100 Å². The van der Waals surface area contributed by atoms with Gasteiger partial charge >= 0.3 is 0 Å². The third-order valence-electron chi connectivity index (χ3n) is 2.67. The van der Waals surface area contributed by atoms with E-state index in [1.807, 2.05) is 42.2 Å². The summed E-state index contributed by atoms with van der Waals surface area (Å²) in [5.41, 5.74) is 7.69. The van der Waals surface area contributed by atoms with Crippen molar-refractivity contribution in [2.24, 2.45) is 0 Å². The molecule has 2 aromatic carbocycles. The second-order valence-electron chi connectivity index (χ2n) is 3.76. The molecule has 0 unspecified atom stereocenters. The van der Waals surface area contributed by atoms with Crippen LogP contribution in [0, 0.1) is 5.82 Å². The van der Waals surface area contributed by atoms with E-state index in [4.69, 9.17) is 5.73 Å². The molecular weight excluding hydrogens is 215 g/mol. The smallest absolute Gasteiger partial charge is 0.148 e. The normalized spacial score (nSPS) is 10.2. The molecule has 0 bridgehead atoms. The summed E-state index contributed by atoms with van der Waals surface area (Å²) in [6.07, 6.45) is 0. The molecule has 0 atom stereocenters. The number of rotatable bonds is 3. The lowest BCUT2D eigenvalue weighted by Crippen LogP contribution is -2.18. The van der Waals surface area contributed by atoms with Crippen LogP contribution in [0.2, 0.25) is 0 Å². The first-order chi connectivity index (χ1) is 8.24. The molecule has 0 saturated heterocycles. The number of nitrogens with zero attached hydrogens (tertiary/aromatic N) is 1. The number of halogens is 1. The minimum atomic E-state index is -0.296. The molecule has 2 nitrogen and oxygen atoms in total. The van der Waals surface area contributed by atoms with Crippen molar-refractivity contribution in [3.05, 3.63) is 54.3 Å². The van der Waals surface area contributed by atoms with Gasteiger partial charge in [0, 0.05) is 12.2 Å². The van der Waals surface area contributed by atoms with E-state index < -0.39 is 0 Å². The van der Waals surface area contributed by atoms with Crippen LogP contribution in [0.1, 0.15) is 6.92 Å². The van der Waals surface area contributed by atoms with Crippen LogP contribution >= 0.6 is 0 Å². The zero-order chi connectivity index (χ0) is 12.3. The van der Waals surface area contributed by atoms with Crippen LogP contribution in [0.4, 0.5) is 21.5 Å². The number of benzene rings is 2. The standard InChI is InChI=1S/C14H15FN2/c1-2-17(11-7-4-3-5-8-11)14-12(15)9-6-10-13(14)16/h3-10H,2,16H2,1H3. The SMILES string of the molecule is CCN(c1ccccc1)c1c(N)cccc1F. The number of hydrogen-bond donors (Lipinski definition) is 1. The van der Waals surface area contributed by atoms with Crippen molar-refractivity contribution < 1.29 is 4.39 Å². The van der Waals surface area contributed by atoms with Gasteiger partial charge in [-0.1, -0.05) is 24.3 Å². The van der Waals surface area contributed by atoms with Crippen molar-refractivity contribution >= 4 is 17.1 Å². The number of anilines is 3. The van der Waals surface area contributed by atoms with E-state index in [0.29, 0.717) is 17.9 Å². The molecule has 0 amide bonds. The summed E-state index contributed by atoms with van der Waals surface area (Å²) >= 11 is 0. The summed E-state index contributed by atoms with van der Waals surface area (Å²) < 4.78 is 13.9. The molecule has 0 fully saturated rings. The maximum Gasteiger partial charge on any atom is 0.148 e. The third-order valence-corrected chi connectivity index (χ3v) is 2.67. The molecule has 88 valence electrons. The van der Waals surface area contributed by atoms with E-state index in [-0.39, 0.29) is 5.82 Å². The van der Waals surface area contributed by atoms with Crippen LogP contribution in [0.5, 0.6) is 0 Å². The van der Waals surface area contributed by atoms with Gasteiger partial charge in [-0.3, -0.25) is 0 Å². The Morgan fingerprint density at radius 1 is 1.06 bits per heavy atom. The average molecular weight is 230 g/mol. The Morgan fingerprint density at radius 3 is 2.35 bits per heavy atom. The van der Waals surface area contributed by atoms with Crippen LogP contribution in [0.25, 0.3) is 0 Å². The number of hydrogen-bond acceptors (Lipinski definition) is 2. The first kappa shape index (κ1) is 11.5. The maximum absolute atomic E-state index is 13.9. The van der Waals surface area contributed by atoms with E-state index >= 15 is 0 Å². The van der Waals surface area contributed by atoms with Crippen molar-refractivity contribution in [1.82, 2.24) is 0 Å². The van der Waals surface area contributed by atoms with Gasteiger partial charge in [-0.25, -0.2) is 4.39 Å². The molecule has 0 aromatic heterocycles. The summed E-state index contributed by atoms with van der Waals surface area (Å²) in [6, 6.07) is 14.4. The number of nitrogen functional groups attached to an aromatic ring is 1. The van der Waals surface area contributed by atoms with Crippen molar-refractivity contribution in [2.45, 2.75) is 6.92 Å². The van der Waals surface area contributed by atoms with Crippen molar-refractivity contribution in [2.75, 3.05) is 17.2 Å². The Hall–Kier alpha value is -2.03. The first-order valence-corrected chi connectivity index (χ1v) is 5.60. The quantitative estimate of drug-likeness (QED) is 0.817. The molecule has 2 rings (SSSR count). The van der Waals surface area contributed by atoms with Gasteiger partial charge in [-0.05, 0) is 31.2 Å². The minimum Gasteiger partial charge on any atom is -0.397 e. The first-order valence-electron chi connectivity index (χ1n) is 5.60. The summed E-state index contributed by atoms with van der Waals surface area (Å²) in [6.45, 7) is 2.63. The minimum absolute atomic E-state index is 0.296. The van der Waals surface area contributed by atoms with Crippen molar-refractivity contribution in [1.29, 1.82) is 0 Å². The Kier molecular flexibility index (Phi) is 3.28. The molecule has 0 radical (unpaired) electrons. The van der Waals surface area contributed by atoms with E-state index in [0.717, 1.165) is 5.69 Å². The highest BCUT2D eigenvalue weighted by Gasteiger charge is 2.14. The lowest BCUT2D eigenvalue weighted by atomic mass is 10.2. The van der Waals surface area contributed by atoms with Crippen molar-refractivity contribution in [3.8, 4) is 0 Å². The van der Waals surface area contributed by atoms with Gasteiger partial charge in [0.1, 0.15) is 11.5 Å². The van der Waals surface area contributed by atoms with Gasteiger partial charge in [0.15, 0.2) is 0 Å². The lowest BCUT2D eigenvalue weighted by molar-refractivity contribution is 0.626. The van der Waals surface area contributed by atoms with Crippen LogP contribution in [-0.2, 0) is 0 Å². The van der Waals surface area contributed by atoms with Gasteiger partial charge in [0.05, 0.1) is 5.69 Å². The van der Waals surface area contributed by atoms with Gasteiger partial charge in [0.25, 0.3) is 0 Å².